The van der Waals surface area contributed by atoms with Crippen LogP contribution in [0.2, 0.25) is 0 Å². The zero-order valence-corrected chi connectivity index (χ0v) is 9.78. The predicted octanol–water partition coefficient (Wildman–Crippen LogP) is 1.71. The largest absolute Gasteiger partial charge is 0.440 e. The Bertz CT molecular complexity index is 334. The lowest BCUT2D eigenvalue weighted by Gasteiger charge is -2.24. The van der Waals surface area contributed by atoms with E-state index in [1.165, 1.54) is 0 Å². The second-order valence-electron chi connectivity index (χ2n) is 4.05. The highest BCUT2D eigenvalue weighted by molar-refractivity contribution is 5.43. The number of rotatable bonds is 3. The fourth-order valence-electron chi connectivity index (χ4n) is 2.32. The molecule has 90 valence electrons. The van der Waals surface area contributed by atoms with Crippen molar-refractivity contribution in [3.05, 3.63) is 23.5 Å². The molecule has 0 aromatic carbocycles. The van der Waals surface area contributed by atoms with E-state index in [0.717, 1.165) is 30.6 Å². The first kappa shape index (κ1) is 11.6. The SMILES string of the molecule is C=C1C2=C(CCCC2OC)OC1(O)OCC. The van der Waals surface area contributed by atoms with E-state index in [-0.39, 0.29) is 6.10 Å². The van der Waals surface area contributed by atoms with E-state index >= 15 is 0 Å². The summed E-state index contributed by atoms with van der Waals surface area (Å²) in [5.74, 6) is -0.917. The molecule has 0 aromatic heterocycles. The molecule has 0 amide bonds. The van der Waals surface area contributed by atoms with Gasteiger partial charge in [0.05, 0.1) is 18.3 Å². The lowest BCUT2D eigenvalue weighted by atomic mass is 9.91. The molecule has 1 aliphatic carbocycles. The maximum atomic E-state index is 10.2. The summed E-state index contributed by atoms with van der Waals surface area (Å²) < 4.78 is 16.1. The molecule has 0 saturated heterocycles. The number of ether oxygens (including phenoxy) is 3. The van der Waals surface area contributed by atoms with Crippen LogP contribution in [0.15, 0.2) is 23.5 Å². The summed E-state index contributed by atoms with van der Waals surface area (Å²) in [4.78, 5) is 0. The minimum atomic E-state index is -1.68. The highest BCUT2D eigenvalue weighted by Crippen LogP contribution is 2.44. The molecule has 0 fully saturated rings. The molecule has 1 N–H and O–H groups in total. The smallest absolute Gasteiger partial charge is 0.353 e. The van der Waals surface area contributed by atoms with Gasteiger partial charge in [0.2, 0.25) is 0 Å². The zero-order chi connectivity index (χ0) is 11.8. The number of methoxy groups -OCH3 is 1. The molecular weight excluding hydrogens is 208 g/mol. The predicted molar refractivity (Wildman–Crippen MR) is 58.5 cm³/mol. The van der Waals surface area contributed by atoms with Gasteiger partial charge in [-0.15, -0.1) is 0 Å². The highest BCUT2D eigenvalue weighted by atomic mass is 16.8. The summed E-state index contributed by atoms with van der Waals surface area (Å²) in [5, 5.41) is 10.2. The molecule has 0 aromatic rings. The summed E-state index contributed by atoms with van der Waals surface area (Å²) in [6.45, 7) is 6.04. The highest BCUT2D eigenvalue weighted by Gasteiger charge is 2.47. The normalized spacial score (nSPS) is 33.9. The monoisotopic (exact) mass is 226 g/mol. The van der Waals surface area contributed by atoms with Gasteiger partial charge in [-0.1, -0.05) is 6.58 Å². The maximum absolute atomic E-state index is 10.2. The Balaban J connectivity index is 2.26. The Morgan fingerprint density at radius 1 is 1.62 bits per heavy atom. The van der Waals surface area contributed by atoms with E-state index in [2.05, 4.69) is 6.58 Å². The number of hydrogen-bond acceptors (Lipinski definition) is 4. The zero-order valence-electron chi connectivity index (χ0n) is 9.78. The second kappa shape index (κ2) is 4.20. The van der Waals surface area contributed by atoms with Crippen LogP contribution in [0.25, 0.3) is 0 Å². The first-order valence-corrected chi connectivity index (χ1v) is 5.63. The minimum Gasteiger partial charge on any atom is -0.440 e. The van der Waals surface area contributed by atoms with E-state index in [1.54, 1.807) is 14.0 Å². The van der Waals surface area contributed by atoms with Crippen molar-refractivity contribution in [3.8, 4) is 0 Å². The van der Waals surface area contributed by atoms with Crippen molar-refractivity contribution in [1.82, 2.24) is 0 Å². The third-order valence-electron chi connectivity index (χ3n) is 3.09. The van der Waals surface area contributed by atoms with Crippen molar-refractivity contribution in [2.24, 2.45) is 0 Å². The van der Waals surface area contributed by atoms with Crippen LogP contribution in [-0.2, 0) is 14.2 Å². The van der Waals surface area contributed by atoms with Crippen molar-refractivity contribution >= 4 is 0 Å². The molecule has 1 heterocycles. The van der Waals surface area contributed by atoms with Gasteiger partial charge < -0.3 is 19.3 Å². The van der Waals surface area contributed by atoms with Crippen LogP contribution in [0.4, 0.5) is 0 Å². The van der Waals surface area contributed by atoms with Gasteiger partial charge in [-0.25, -0.2) is 0 Å². The van der Waals surface area contributed by atoms with E-state index in [1.807, 2.05) is 0 Å². The summed E-state index contributed by atoms with van der Waals surface area (Å²) in [7, 11) is 1.66. The number of aliphatic hydroxyl groups is 1. The molecule has 0 radical (unpaired) electrons. The average Bonchev–Trinajstić information content (AvgIpc) is 2.52. The summed E-state index contributed by atoms with van der Waals surface area (Å²) in [6.07, 6.45) is 2.70. The van der Waals surface area contributed by atoms with Gasteiger partial charge >= 0.3 is 5.97 Å². The van der Waals surface area contributed by atoms with E-state index in [9.17, 15) is 5.11 Å². The third-order valence-corrected chi connectivity index (χ3v) is 3.09. The molecule has 4 nitrogen and oxygen atoms in total. The molecule has 4 heteroatoms. The van der Waals surface area contributed by atoms with Crippen LogP contribution >= 0.6 is 0 Å². The molecule has 2 aliphatic rings. The van der Waals surface area contributed by atoms with E-state index < -0.39 is 5.97 Å². The molecule has 2 rings (SSSR count). The third kappa shape index (κ3) is 1.67. The number of allylic oxidation sites excluding steroid dienone is 1. The standard InChI is InChI=1S/C12H18O4/c1-4-15-12(13)8(2)11-9(14-3)6-5-7-10(11)16-12/h9,13H,2,4-7H2,1,3H3. The Labute approximate surface area is 95.5 Å². The van der Waals surface area contributed by atoms with Crippen molar-refractivity contribution in [2.75, 3.05) is 13.7 Å². The van der Waals surface area contributed by atoms with Gasteiger partial charge in [-0.2, -0.15) is 0 Å². The molecule has 0 bridgehead atoms. The molecule has 0 spiro atoms. The van der Waals surface area contributed by atoms with Crippen LogP contribution in [0.1, 0.15) is 26.2 Å². The summed E-state index contributed by atoms with van der Waals surface area (Å²) in [5.41, 5.74) is 1.36. The van der Waals surface area contributed by atoms with Crippen LogP contribution < -0.4 is 0 Å². The fraction of sp³-hybridized carbons (Fsp3) is 0.667. The van der Waals surface area contributed by atoms with E-state index in [4.69, 9.17) is 14.2 Å². The van der Waals surface area contributed by atoms with Gasteiger partial charge in [0.25, 0.3) is 0 Å². The van der Waals surface area contributed by atoms with Gasteiger partial charge in [0.1, 0.15) is 5.76 Å². The Hall–Kier alpha value is -0.840. The molecule has 16 heavy (non-hydrogen) atoms. The molecule has 0 saturated carbocycles. The van der Waals surface area contributed by atoms with Gasteiger partial charge in [-0.3, -0.25) is 0 Å². The van der Waals surface area contributed by atoms with Gasteiger partial charge in [0, 0.05) is 19.1 Å². The van der Waals surface area contributed by atoms with Crippen molar-refractivity contribution in [2.45, 2.75) is 38.3 Å². The minimum absolute atomic E-state index is 0.0364. The lowest BCUT2D eigenvalue weighted by Crippen LogP contribution is -2.34. The van der Waals surface area contributed by atoms with Crippen molar-refractivity contribution in [1.29, 1.82) is 0 Å². The van der Waals surface area contributed by atoms with Crippen LogP contribution in [-0.4, -0.2) is 30.9 Å². The van der Waals surface area contributed by atoms with Crippen molar-refractivity contribution in [3.63, 3.8) is 0 Å². The Kier molecular flexibility index (Phi) is 3.06. The topological polar surface area (TPSA) is 47.9 Å². The van der Waals surface area contributed by atoms with E-state index in [0.29, 0.717) is 12.2 Å². The second-order valence-corrected chi connectivity index (χ2v) is 4.05. The molecule has 2 atom stereocenters. The average molecular weight is 226 g/mol. The van der Waals surface area contributed by atoms with Crippen LogP contribution in [0.3, 0.4) is 0 Å². The number of hydrogen-bond donors (Lipinski definition) is 1. The quantitative estimate of drug-likeness (QED) is 0.744. The van der Waals surface area contributed by atoms with Gasteiger partial charge in [-0.05, 0) is 19.8 Å². The van der Waals surface area contributed by atoms with Crippen molar-refractivity contribution < 1.29 is 19.3 Å². The first-order chi connectivity index (χ1) is 7.62. The van der Waals surface area contributed by atoms with Crippen LogP contribution in [0.5, 0.6) is 0 Å². The summed E-state index contributed by atoms with van der Waals surface area (Å²) in [6, 6.07) is 0. The molecule has 2 unspecified atom stereocenters. The maximum Gasteiger partial charge on any atom is 0.353 e. The lowest BCUT2D eigenvalue weighted by molar-refractivity contribution is -0.308. The van der Waals surface area contributed by atoms with Crippen LogP contribution in [0, 0.1) is 0 Å². The Morgan fingerprint density at radius 2 is 2.38 bits per heavy atom. The first-order valence-electron chi connectivity index (χ1n) is 5.63. The molecule has 1 aliphatic heterocycles. The fourth-order valence-corrected chi connectivity index (χ4v) is 2.32. The Morgan fingerprint density at radius 3 is 3.00 bits per heavy atom. The van der Waals surface area contributed by atoms with Gasteiger partial charge in [0.15, 0.2) is 0 Å². The molecular formula is C12H18O4. The summed E-state index contributed by atoms with van der Waals surface area (Å²) >= 11 is 0.